The van der Waals surface area contributed by atoms with Gasteiger partial charge in [-0.2, -0.15) is 0 Å². The minimum absolute atomic E-state index is 1.23. The van der Waals surface area contributed by atoms with Gasteiger partial charge >= 0.3 is 0 Å². The fourth-order valence-electron chi connectivity index (χ4n) is 7.27. The molecular weight excluding hydrogens is 528 g/mol. The quantitative estimate of drug-likeness (QED) is 0.190. The van der Waals surface area contributed by atoms with E-state index < -0.39 is 0 Å². The Morgan fingerprint density at radius 1 is 0.227 bits per heavy atom. The first-order valence-corrected chi connectivity index (χ1v) is 15.3. The predicted molar refractivity (Wildman–Crippen MR) is 190 cm³/mol. The van der Waals surface area contributed by atoms with Gasteiger partial charge in [0, 0.05) is 0 Å². The molecule has 0 heterocycles. The maximum atomic E-state index is 2.35. The van der Waals surface area contributed by atoms with Gasteiger partial charge in [0.25, 0.3) is 0 Å². The van der Waals surface area contributed by atoms with Crippen molar-refractivity contribution in [1.29, 1.82) is 0 Å². The van der Waals surface area contributed by atoms with E-state index in [0.717, 1.165) is 0 Å². The molecule has 0 N–H and O–H groups in total. The van der Waals surface area contributed by atoms with E-state index >= 15 is 0 Å². The minimum Gasteiger partial charge on any atom is -0.0616 e. The van der Waals surface area contributed by atoms with Crippen LogP contribution < -0.4 is 0 Å². The van der Waals surface area contributed by atoms with Crippen LogP contribution in [0.2, 0.25) is 0 Å². The molecule has 0 amide bonds. The molecule has 0 bridgehead atoms. The Morgan fingerprint density at radius 2 is 0.705 bits per heavy atom. The molecule has 9 aromatic rings. The van der Waals surface area contributed by atoms with Crippen LogP contribution in [0.3, 0.4) is 0 Å². The van der Waals surface area contributed by atoms with Crippen LogP contribution in [0.5, 0.6) is 0 Å². The van der Waals surface area contributed by atoms with E-state index in [0.29, 0.717) is 0 Å². The van der Waals surface area contributed by atoms with Crippen molar-refractivity contribution < 1.29 is 0 Å². The molecule has 0 aliphatic heterocycles. The Morgan fingerprint density at radius 3 is 1.39 bits per heavy atom. The molecule has 204 valence electrons. The summed E-state index contributed by atoms with van der Waals surface area (Å²) < 4.78 is 0. The summed E-state index contributed by atoms with van der Waals surface area (Å²) in [5.74, 6) is 0. The summed E-state index contributed by atoms with van der Waals surface area (Å²) in [5, 5.41) is 12.7. The Bertz CT molecular complexity index is 2490. The van der Waals surface area contributed by atoms with Crippen molar-refractivity contribution in [2.24, 2.45) is 0 Å². The first kappa shape index (κ1) is 24.8. The normalized spacial score (nSPS) is 11.6. The molecule has 9 rings (SSSR count). The summed E-state index contributed by atoms with van der Waals surface area (Å²) >= 11 is 0. The lowest BCUT2D eigenvalue weighted by molar-refractivity contribution is 1.65. The number of hydrogen-bond acceptors (Lipinski definition) is 0. The van der Waals surface area contributed by atoms with Crippen LogP contribution in [0.15, 0.2) is 170 Å². The number of benzene rings is 9. The van der Waals surface area contributed by atoms with Crippen molar-refractivity contribution >= 4 is 53.9 Å². The summed E-state index contributed by atoms with van der Waals surface area (Å²) in [4.78, 5) is 0. The Kier molecular flexibility index (Phi) is 5.61. The standard InChI is InChI=1S/C44H28/c1-2-15-32-28-33(25-24-29(32)12-1)36-27-26-31-14-4-6-18-35(31)43(36)44-40-21-9-7-19-38(40)42(39-20-8-10-22-41(39)44)37-23-11-16-30-13-3-5-17-34(30)37/h1-28H. The molecule has 0 fully saturated rings. The molecule has 0 atom stereocenters. The van der Waals surface area contributed by atoms with Crippen LogP contribution in [-0.2, 0) is 0 Å². The lowest BCUT2D eigenvalue weighted by atomic mass is 9.81. The van der Waals surface area contributed by atoms with E-state index in [4.69, 9.17) is 0 Å². The molecule has 0 unspecified atom stereocenters. The van der Waals surface area contributed by atoms with Gasteiger partial charge in [-0.15, -0.1) is 0 Å². The van der Waals surface area contributed by atoms with Gasteiger partial charge in [-0.05, 0) is 93.3 Å². The third-order valence-corrected chi connectivity index (χ3v) is 9.23. The second-order valence-electron chi connectivity index (χ2n) is 11.6. The molecule has 0 nitrogen and oxygen atoms in total. The summed E-state index contributed by atoms with van der Waals surface area (Å²) in [6, 6.07) is 62.4. The summed E-state index contributed by atoms with van der Waals surface area (Å²) in [5.41, 5.74) is 7.63. The summed E-state index contributed by atoms with van der Waals surface area (Å²) in [7, 11) is 0. The molecule has 0 aromatic heterocycles. The number of fused-ring (bicyclic) bond motifs is 5. The fourth-order valence-corrected chi connectivity index (χ4v) is 7.27. The van der Waals surface area contributed by atoms with E-state index in [-0.39, 0.29) is 0 Å². The highest BCUT2D eigenvalue weighted by atomic mass is 14.2. The van der Waals surface area contributed by atoms with Crippen LogP contribution in [0.1, 0.15) is 0 Å². The third kappa shape index (κ3) is 3.78. The van der Waals surface area contributed by atoms with Crippen LogP contribution >= 0.6 is 0 Å². The minimum atomic E-state index is 1.23. The molecule has 0 saturated heterocycles. The van der Waals surface area contributed by atoms with Gasteiger partial charge < -0.3 is 0 Å². The molecule has 0 radical (unpaired) electrons. The summed E-state index contributed by atoms with van der Waals surface area (Å²) in [6.07, 6.45) is 0. The SMILES string of the molecule is c1ccc2cc(-c3ccc4ccccc4c3-c3c4ccccc4c(-c4cccc5ccccc45)c4ccccc34)ccc2c1. The molecule has 9 aromatic carbocycles. The molecule has 0 spiro atoms. The monoisotopic (exact) mass is 556 g/mol. The molecule has 0 saturated carbocycles. The zero-order valence-electron chi connectivity index (χ0n) is 24.2. The van der Waals surface area contributed by atoms with E-state index in [2.05, 4.69) is 170 Å². The highest BCUT2D eigenvalue weighted by Crippen LogP contribution is 2.49. The smallest absolute Gasteiger partial charge is 0.00139 e. The first-order chi connectivity index (χ1) is 21.8. The highest BCUT2D eigenvalue weighted by Gasteiger charge is 2.21. The predicted octanol–water partition coefficient (Wildman–Crippen LogP) is 12.5. The highest BCUT2D eigenvalue weighted by molar-refractivity contribution is 6.26. The fraction of sp³-hybridized carbons (Fsp3) is 0. The molecular formula is C44H28. The zero-order valence-corrected chi connectivity index (χ0v) is 24.2. The largest absolute Gasteiger partial charge is 0.0616 e. The van der Waals surface area contributed by atoms with Gasteiger partial charge in [0.1, 0.15) is 0 Å². The van der Waals surface area contributed by atoms with E-state index in [9.17, 15) is 0 Å². The maximum absolute atomic E-state index is 2.35. The van der Waals surface area contributed by atoms with Crippen molar-refractivity contribution in [3.8, 4) is 33.4 Å². The third-order valence-electron chi connectivity index (χ3n) is 9.23. The van der Waals surface area contributed by atoms with Gasteiger partial charge in [-0.1, -0.05) is 164 Å². The number of rotatable bonds is 3. The first-order valence-electron chi connectivity index (χ1n) is 15.3. The molecule has 0 heteroatoms. The second-order valence-corrected chi connectivity index (χ2v) is 11.6. The lowest BCUT2D eigenvalue weighted by Gasteiger charge is -2.22. The topological polar surface area (TPSA) is 0 Å². The average molecular weight is 557 g/mol. The van der Waals surface area contributed by atoms with E-state index in [1.54, 1.807) is 0 Å². The Labute approximate surface area is 256 Å². The average Bonchev–Trinajstić information content (AvgIpc) is 3.10. The van der Waals surface area contributed by atoms with Crippen molar-refractivity contribution in [1.82, 2.24) is 0 Å². The van der Waals surface area contributed by atoms with Gasteiger partial charge in [0.2, 0.25) is 0 Å². The molecule has 0 aliphatic rings. The van der Waals surface area contributed by atoms with Crippen molar-refractivity contribution in [2.45, 2.75) is 0 Å². The van der Waals surface area contributed by atoms with Gasteiger partial charge in [0.15, 0.2) is 0 Å². The Balaban J connectivity index is 1.46. The van der Waals surface area contributed by atoms with E-state index in [1.807, 2.05) is 0 Å². The van der Waals surface area contributed by atoms with E-state index in [1.165, 1.54) is 87.2 Å². The summed E-state index contributed by atoms with van der Waals surface area (Å²) in [6.45, 7) is 0. The zero-order chi connectivity index (χ0) is 29.0. The van der Waals surface area contributed by atoms with Crippen LogP contribution in [-0.4, -0.2) is 0 Å². The Hall–Kier alpha value is -5.72. The molecule has 44 heavy (non-hydrogen) atoms. The van der Waals surface area contributed by atoms with Gasteiger partial charge in [0.05, 0.1) is 0 Å². The molecule has 0 aliphatic carbocycles. The maximum Gasteiger partial charge on any atom is -0.00139 e. The van der Waals surface area contributed by atoms with Gasteiger partial charge in [-0.25, -0.2) is 0 Å². The second kappa shape index (κ2) is 9.93. The van der Waals surface area contributed by atoms with Crippen molar-refractivity contribution in [3.05, 3.63) is 170 Å². The van der Waals surface area contributed by atoms with Crippen molar-refractivity contribution in [2.75, 3.05) is 0 Å². The van der Waals surface area contributed by atoms with Crippen molar-refractivity contribution in [3.63, 3.8) is 0 Å². The lowest BCUT2D eigenvalue weighted by Crippen LogP contribution is -1.94. The van der Waals surface area contributed by atoms with Gasteiger partial charge in [-0.3, -0.25) is 0 Å². The van der Waals surface area contributed by atoms with Crippen LogP contribution in [0, 0.1) is 0 Å². The number of hydrogen-bond donors (Lipinski definition) is 0. The van der Waals surface area contributed by atoms with Crippen LogP contribution in [0.4, 0.5) is 0 Å². The van der Waals surface area contributed by atoms with Crippen LogP contribution in [0.25, 0.3) is 87.2 Å².